The first kappa shape index (κ1) is 10.9. The molecule has 0 aliphatic heterocycles. The van der Waals surface area contributed by atoms with Crippen molar-refractivity contribution >= 4 is 17.4 Å². The van der Waals surface area contributed by atoms with E-state index in [1.807, 2.05) is 6.92 Å². The third-order valence-corrected chi connectivity index (χ3v) is 2.02. The van der Waals surface area contributed by atoms with Gasteiger partial charge in [0.15, 0.2) is 5.78 Å². The van der Waals surface area contributed by atoms with E-state index in [-0.39, 0.29) is 22.1 Å². The van der Waals surface area contributed by atoms with Crippen LogP contribution in [-0.2, 0) is 0 Å². The van der Waals surface area contributed by atoms with Gasteiger partial charge in [-0.2, -0.15) is 0 Å². The maximum atomic E-state index is 11.1. The van der Waals surface area contributed by atoms with Gasteiger partial charge >= 0.3 is 0 Å². The van der Waals surface area contributed by atoms with E-state index in [0.29, 0.717) is 12.4 Å². The van der Waals surface area contributed by atoms with E-state index in [2.05, 4.69) is 0 Å². The first-order chi connectivity index (χ1) is 6.56. The number of rotatable bonds is 3. The van der Waals surface area contributed by atoms with E-state index < -0.39 is 0 Å². The highest BCUT2D eigenvalue weighted by Crippen LogP contribution is 2.32. The predicted molar refractivity (Wildman–Crippen MR) is 54.3 cm³/mol. The Labute approximate surface area is 87.3 Å². The van der Waals surface area contributed by atoms with Gasteiger partial charge in [-0.25, -0.2) is 0 Å². The summed E-state index contributed by atoms with van der Waals surface area (Å²) >= 11 is 5.72. The van der Waals surface area contributed by atoms with Gasteiger partial charge in [-0.15, -0.1) is 0 Å². The van der Waals surface area contributed by atoms with Gasteiger partial charge in [0.2, 0.25) is 0 Å². The molecule has 76 valence electrons. The number of aromatic hydroxyl groups is 1. The zero-order chi connectivity index (χ0) is 10.7. The van der Waals surface area contributed by atoms with Gasteiger partial charge < -0.3 is 9.84 Å². The fourth-order valence-electron chi connectivity index (χ4n) is 1.09. The molecule has 0 aliphatic carbocycles. The Hall–Kier alpha value is -1.22. The SMILES string of the molecule is CCOc1cc(Cl)c(O)c(C(C)=O)c1. The van der Waals surface area contributed by atoms with Crippen LogP contribution >= 0.6 is 11.6 Å². The van der Waals surface area contributed by atoms with Crippen molar-refractivity contribution in [3.8, 4) is 11.5 Å². The Kier molecular flexibility index (Phi) is 3.36. The van der Waals surface area contributed by atoms with Gasteiger partial charge in [0.25, 0.3) is 0 Å². The van der Waals surface area contributed by atoms with Gasteiger partial charge in [-0.3, -0.25) is 4.79 Å². The molecule has 3 nitrogen and oxygen atoms in total. The highest BCUT2D eigenvalue weighted by Gasteiger charge is 2.12. The highest BCUT2D eigenvalue weighted by atomic mass is 35.5. The van der Waals surface area contributed by atoms with Crippen LogP contribution in [0, 0.1) is 0 Å². The maximum Gasteiger partial charge on any atom is 0.163 e. The van der Waals surface area contributed by atoms with E-state index in [9.17, 15) is 9.90 Å². The number of phenolic OH excluding ortho intramolecular Hbond substituents is 1. The Balaban J connectivity index is 3.21. The standard InChI is InChI=1S/C10H11ClO3/c1-3-14-7-4-8(6(2)12)10(13)9(11)5-7/h4-5,13H,3H2,1-2H3. The summed E-state index contributed by atoms with van der Waals surface area (Å²) in [4.78, 5) is 11.1. The number of hydrogen-bond acceptors (Lipinski definition) is 3. The lowest BCUT2D eigenvalue weighted by Crippen LogP contribution is -1.97. The maximum absolute atomic E-state index is 11.1. The number of ether oxygens (including phenoxy) is 1. The molecule has 0 radical (unpaired) electrons. The second-order valence-corrected chi connectivity index (χ2v) is 3.20. The molecule has 0 aliphatic rings. The molecule has 1 aromatic carbocycles. The molecule has 0 heterocycles. The lowest BCUT2D eigenvalue weighted by atomic mass is 10.1. The summed E-state index contributed by atoms with van der Waals surface area (Å²) in [6.07, 6.45) is 0. The van der Waals surface area contributed by atoms with Crippen LogP contribution in [-0.4, -0.2) is 17.5 Å². The lowest BCUT2D eigenvalue weighted by Gasteiger charge is -2.07. The number of carbonyl (C=O) groups is 1. The number of ketones is 1. The van der Waals surface area contributed by atoms with Gasteiger partial charge in [0.05, 0.1) is 17.2 Å². The van der Waals surface area contributed by atoms with Crippen molar-refractivity contribution in [3.05, 3.63) is 22.7 Å². The molecule has 0 atom stereocenters. The molecule has 4 heteroatoms. The summed E-state index contributed by atoms with van der Waals surface area (Å²) < 4.78 is 5.18. The van der Waals surface area contributed by atoms with Crippen molar-refractivity contribution in [1.82, 2.24) is 0 Å². The summed E-state index contributed by atoms with van der Waals surface area (Å²) in [5, 5.41) is 9.58. The summed E-state index contributed by atoms with van der Waals surface area (Å²) in [5.41, 5.74) is 0.181. The fraction of sp³-hybridized carbons (Fsp3) is 0.300. The second-order valence-electron chi connectivity index (χ2n) is 2.79. The molecule has 0 amide bonds. The fourth-order valence-corrected chi connectivity index (χ4v) is 1.30. The van der Waals surface area contributed by atoms with Crippen molar-refractivity contribution in [2.24, 2.45) is 0 Å². The van der Waals surface area contributed by atoms with Crippen LogP contribution < -0.4 is 4.74 Å². The molecule has 0 saturated carbocycles. The van der Waals surface area contributed by atoms with Gasteiger partial charge in [0, 0.05) is 6.07 Å². The third-order valence-electron chi connectivity index (χ3n) is 1.73. The van der Waals surface area contributed by atoms with E-state index >= 15 is 0 Å². The van der Waals surface area contributed by atoms with Crippen LogP contribution in [0.1, 0.15) is 24.2 Å². The number of halogens is 1. The van der Waals surface area contributed by atoms with Gasteiger partial charge in [-0.05, 0) is 19.9 Å². The average molecular weight is 215 g/mol. The lowest BCUT2D eigenvalue weighted by molar-refractivity contribution is 0.101. The average Bonchev–Trinajstić information content (AvgIpc) is 2.11. The minimum Gasteiger partial charge on any atom is -0.506 e. The van der Waals surface area contributed by atoms with Crippen molar-refractivity contribution in [2.75, 3.05) is 6.61 Å². The van der Waals surface area contributed by atoms with E-state index in [4.69, 9.17) is 16.3 Å². The molecule has 0 unspecified atom stereocenters. The zero-order valence-corrected chi connectivity index (χ0v) is 8.76. The van der Waals surface area contributed by atoms with Crippen LogP contribution in [0.25, 0.3) is 0 Å². The quantitative estimate of drug-likeness (QED) is 0.787. The third kappa shape index (κ3) is 2.17. The molecule has 0 spiro atoms. The number of Topliss-reactive ketones (excluding diaryl/α,β-unsaturated/α-hetero) is 1. The number of benzene rings is 1. The highest BCUT2D eigenvalue weighted by molar-refractivity contribution is 6.32. The number of phenols is 1. The molecule has 0 fully saturated rings. The first-order valence-corrected chi connectivity index (χ1v) is 4.60. The predicted octanol–water partition coefficient (Wildman–Crippen LogP) is 2.65. The number of carbonyl (C=O) groups excluding carboxylic acids is 1. The van der Waals surface area contributed by atoms with Crippen LogP contribution in [0.5, 0.6) is 11.5 Å². The monoisotopic (exact) mass is 214 g/mol. The van der Waals surface area contributed by atoms with Crippen molar-refractivity contribution in [1.29, 1.82) is 0 Å². The first-order valence-electron chi connectivity index (χ1n) is 4.22. The molecule has 0 aromatic heterocycles. The van der Waals surface area contributed by atoms with E-state index in [0.717, 1.165) is 0 Å². The van der Waals surface area contributed by atoms with E-state index in [1.165, 1.54) is 19.1 Å². The Bertz CT molecular complexity index is 361. The van der Waals surface area contributed by atoms with E-state index in [1.54, 1.807) is 0 Å². The van der Waals surface area contributed by atoms with Crippen LogP contribution in [0.4, 0.5) is 0 Å². The molecular formula is C10H11ClO3. The van der Waals surface area contributed by atoms with Gasteiger partial charge in [0.1, 0.15) is 11.5 Å². The Morgan fingerprint density at radius 1 is 1.57 bits per heavy atom. The largest absolute Gasteiger partial charge is 0.506 e. The Morgan fingerprint density at radius 2 is 2.21 bits per heavy atom. The topological polar surface area (TPSA) is 46.5 Å². The molecule has 0 bridgehead atoms. The van der Waals surface area contributed by atoms with Crippen molar-refractivity contribution < 1.29 is 14.6 Å². The zero-order valence-electron chi connectivity index (χ0n) is 8.00. The normalized spacial score (nSPS) is 9.93. The van der Waals surface area contributed by atoms with Crippen LogP contribution in [0.15, 0.2) is 12.1 Å². The summed E-state index contributed by atoms with van der Waals surface area (Å²) in [5.74, 6) is 0.0501. The summed E-state index contributed by atoms with van der Waals surface area (Å²) in [6, 6.07) is 2.96. The molecular weight excluding hydrogens is 204 g/mol. The van der Waals surface area contributed by atoms with Crippen LogP contribution in [0.2, 0.25) is 5.02 Å². The smallest absolute Gasteiger partial charge is 0.163 e. The summed E-state index contributed by atoms with van der Waals surface area (Å²) in [6.45, 7) is 3.67. The minimum absolute atomic E-state index is 0.126. The van der Waals surface area contributed by atoms with Crippen LogP contribution in [0.3, 0.4) is 0 Å². The Morgan fingerprint density at radius 3 is 2.71 bits per heavy atom. The molecule has 1 rings (SSSR count). The van der Waals surface area contributed by atoms with Crippen molar-refractivity contribution in [3.63, 3.8) is 0 Å². The van der Waals surface area contributed by atoms with Gasteiger partial charge in [-0.1, -0.05) is 11.6 Å². The molecule has 14 heavy (non-hydrogen) atoms. The molecule has 1 N–H and O–H groups in total. The molecule has 1 aromatic rings. The number of hydrogen-bond donors (Lipinski definition) is 1. The minimum atomic E-state index is -0.244. The molecule has 0 saturated heterocycles. The van der Waals surface area contributed by atoms with Crippen molar-refractivity contribution in [2.45, 2.75) is 13.8 Å². The second kappa shape index (κ2) is 4.33. The summed E-state index contributed by atoms with van der Waals surface area (Å²) in [7, 11) is 0.